The predicted molar refractivity (Wildman–Crippen MR) is 117 cm³/mol. The lowest BCUT2D eigenvalue weighted by Crippen LogP contribution is -2.50. The van der Waals surface area contributed by atoms with Crippen molar-refractivity contribution in [3.05, 3.63) is 29.7 Å². The number of hydrogen-bond acceptors (Lipinski definition) is 7. The quantitative estimate of drug-likeness (QED) is 0.670. The van der Waals surface area contributed by atoms with Gasteiger partial charge in [0.25, 0.3) is 0 Å². The summed E-state index contributed by atoms with van der Waals surface area (Å²) in [6, 6.07) is 2.07. The van der Waals surface area contributed by atoms with Gasteiger partial charge in [-0.15, -0.1) is 0 Å². The lowest BCUT2D eigenvalue weighted by Gasteiger charge is -2.38. The van der Waals surface area contributed by atoms with Crippen molar-refractivity contribution in [1.29, 1.82) is 0 Å². The summed E-state index contributed by atoms with van der Waals surface area (Å²) < 4.78 is 43.4. The van der Waals surface area contributed by atoms with Gasteiger partial charge in [-0.1, -0.05) is 13.8 Å². The number of nitrogens with zero attached hydrogens (tertiary/aromatic N) is 4. The number of aromatic nitrogens is 3. The van der Waals surface area contributed by atoms with Gasteiger partial charge in [0.15, 0.2) is 5.82 Å². The van der Waals surface area contributed by atoms with E-state index >= 15 is 0 Å². The SMILES string of the molecule is Cc1nc(NC2CC(COc3ccc(C(F)(F)F)nc3)C2)nc2c1NC(=O)[C@H](C(C)C)N2C. The molecule has 1 amide bonds. The fraction of sp³-hybridized carbons (Fsp3) is 0.545. The zero-order valence-corrected chi connectivity index (χ0v) is 18.9. The zero-order chi connectivity index (χ0) is 23.9. The monoisotopic (exact) mass is 464 g/mol. The molecule has 1 saturated carbocycles. The number of aryl methyl sites for hydroxylation is 1. The van der Waals surface area contributed by atoms with Gasteiger partial charge in [0.1, 0.15) is 23.2 Å². The maximum absolute atomic E-state index is 12.6. The Kier molecular flexibility index (Phi) is 6.06. The molecule has 0 aromatic carbocycles. The molecule has 8 nitrogen and oxygen atoms in total. The minimum Gasteiger partial charge on any atom is -0.492 e. The highest BCUT2D eigenvalue weighted by Gasteiger charge is 2.36. The van der Waals surface area contributed by atoms with Crippen LogP contribution in [0.4, 0.5) is 30.6 Å². The van der Waals surface area contributed by atoms with E-state index in [1.807, 2.05) is 32.7 Å². The van der Waals surface area contributed by atoms with E-state index in [0.717, 1.165) is 25.1 Å². The van der Waals surface area contributed by atoms with Crippen molar-refractivity contribution < 1.29 is 22.7 Å². The van der Waals surface area contributed by atoms with Crippen LogP contribution in [0.3, 0.4) is 0 Å². The van der Waals surface area contributed by atoms with Crippen LogP contribution in [0, 0.1) is 18.8 Å². The molecule has 0 radical (unpaired) electrons. The number of likely N-dealkylation sites (N-methyl/N-ethyl adjacent to an activating group) is 1. The maximum Gasteiger partial charge on any atom is 0.433 e. The number of nitrogens with one attached hydrogen (secondary N) is 2. The Morgan fingerprint density at radius 1 is 1.27 bits per heavy atom. The first-order valence-electron chi connectivity index (χ1n) is 10.9. The fourth-order valence-corrected chi connectivity index (χ4v) is 4.30. The number of carbonyl (C=O) groups is 1. The van der Waals surface area contributed by atoms with Crippen LogP contribution in [0.5, 0.6) is 5.75 Å². The van der Waals surface area contributed by atoms with Crippen LogP contribution < -0.4 is 20.3 Å². The number of fused-ring (bicyclic) bond motifs is 1. The van der Waals surface area contributed by atoms with Crippen LogP contribution in [0.15, 0.2) is 18.3 Å². The molecule has 1 atom stereocenters. The zero-order valence-electron chi connectivity index (χ0n) is 18.9. The Hall–Kier alpha value is -3.11. The van der Waals surface area contributed by atoms with Gasteiger partial charge in [0, 0.05) is 13.1 Å². The molecule has 1 fully saturated rings. The number of pyridine rings is 1. The molecule has 1 aliphatic carbocycles. The largest absolute Gasteiger partial charge is 0.492 e. The second-order valence-electron chi connectivity index (χ2n) is 8.99. The lowest BCUT2D eigenvalue weighted by atomic mass is 9.81. The topological polar surface area (TPSA) is 92.3 Å². The van der Waals surface area contributed by atoms with E-state index in [0.29, 0.717) is 35.5 Å². The van der Waals surface area contributed by atoms with Crippen LogP contribution in [0.2, 0.25) is 0 Å². The molecular formula is C22H27F3N6O2. The number of amides is 1. The van der Waals surface area contributed by atoms with E-state index in [1.165, 1.54) is 6.07 Å². The van der Waals surface area contributed by atoms with Gasteiger partial charge in [-0.25, -0.2) is 9.97 Å². The van der Waals surface area contributed by atoms with Gasteiger partial charge in [0.05, 0.1) is 18.5 Å². The smallest absolute Gasteiger partial charge is 0.433 e. The summed E-state index contributed by atoms with van der Waals surface area (Å²) in [5.74, 6) is 1.86. The summed E-state index contributed by atoms with van der Waals surface area (Å²) >= 11 is 0. The van der Waals surface area contributed by atoms with E-state index in [4.69, 9.17) is 4.74 Å². The summed E-state index contributed by atoms with van der Waals surface area (Å²) in [7, 11) is 1.87. The number of rotatable bonds is 6. The second-order valence-corrected chi connectivity index (χ2v) is 8.99. The Morgan fingerprint density at radius 2 is 2.00 bits per heavy atom. The third kappa shape index (κ3) is 4.81. The molecule has 1 aliphatic heterocycles. The molecule has 0 spiro atoms. The predicted octanol–water partition coefficient (Wildman–Crippen LogP) is 3.88. The van der Waals surface area contributed by atoms with Crippen LogP contribution in [0.1, 0.15) is 38.1 Å². The van der Waals surface area contributed by atoms with Crippen LogP contribution in [-0.2, 0) is 11.0 Å². The van der Waals surface area contributed by atoms with Crippen LogP contribution in [-0.4, -0.2) is 46.6 Å². The number of hydrogen-bond donors (Lipinski definition) is 2. The van der Waals surface area contributed by atoms with Crippen molar-refractivity contribution in [2.75, 3.05) is 29.2 Å². The number of anilines is 3. The molecule has 11 heteroatoms. The van der Waals surface area contributed by atoms with E-state index < -0.39 is 11.9 Å². The first kappa shape index (κ1) is 23.1. The normalized spacial score (nSPS) is 22.5. The Balaban J connectivity index is 1.32. The number of ether oxygens (including phenoxy) is 1. The van der Waals surface area contributed by atoms with Crippen molar-refractivity contribution in [1.82, 2.24) is 15.0 Å². The standard InChI is InChI=1S/C22H27F3N6O2/c1-11(2)18-20(32)29-17-12(3)27-21(30-19(17)31(18)4)28-14-7-13(8-14)10-33-15-5-6-16(26-9-15)22(23,24)25/h5-6,9,11,13-14,18H,7-8,10H2,1-4H3,(H,29,32)(H,27,28,30)/t13?,14?,18-/m0/s1. The van der Waals surface area contributed by atoms with Gasteiger partial charge in [-0.3, -0.25) is 4.79 Å². The van der Waals surface area contributed by atoms with Crippen molar-refractivity contribution in [2.24, 2.45) is 11.8 Å². The van der Waals surface area contributed by atoms with Crippen LogP contribution >= 0.6 is 0 Å². The number of alkyl halides is 3. The molecule has 0 saturated heterocycles. The highest BCUT2D eigenvalue weighted by molar-refractivity contribution is 6.03. The van der Waals surface area contributed by atoms with Gasteiger partial charge < -0.3 is 20.3 Å². The highest BCUT2D eigenvalue weighted by Crippen LogP contribution is 2.36. The summed E-state index contributed by atoms with van der Waals surface area (Å²) in [6.07, 6.45) is -1.71. The van der Waals surface area contributed by atoms with E-state index in [9.17, 15) is 18.0 Å². The van der Waals surface area contributed by atoms with Gasteiger partial charge in [0.2, 0.25) is 11.9 Å². The molecule has 2 N–H and O–H groups in total. The molecular weight excluding hydrogens is 437 g/mol. The molecule has 4 rings (SSSR count). The molecule has 2 aromatic heterocycles. The van der Waals surface area contributed by atoms with Gasteiger partial charge in [-0.05, 0) is 43.7 Å². The van der Waals surface area contributed by atoms with Crippen molar-refractivity contribution in [3.63, 3.8) is 0 Å². The van der Waals surface area contributed by atoms with Crippen molar-refractivity contribution in [2.45, 2.75) is 51.9 Å². The minimum absolute atomic E-state index is 0.0579. The Morgan fingerprint density at radius 3 is 2.61 bits per heavy atom. The number of carbonyl (C=O) groups excluding carboxylic acids is 1. The molecule has 0 unspecified atom stereocenters. The molecule has 2 aromatic rings. The molecule has 3 heterocycles. The summed E-state index contributed by atoms with van der Waals surface area (Å²) in [6.45, 7) is 6.23. The minimum atomic E-state index is -4.46. The lowest BCUT2D eigenvalue weighted by molar-refractivity contribution is -0.141. The first-order valence-corrected chi connectivity index (χ1v) is 10.9. The van der Waals surface area contributed by atoms with Crippen LogP contribution in [0.25, 0.3) is 0 Å². The van der Waals surface area contributed by atoms with E-state index in [-0.39, 0.29) is 29.8 Å². The molecule has 33 heavy (non-hydrogen) atoms. The Labute approximate surface area is 190 Å². The Bertz CT molecular complexity index is 1020. The molecule has 2 aliphatic rings. The average molecular weight is 464 g/mol. The highest BCUT2D eigenvalue weighted by atomic mass is 19.4. The first-order chi connectivity index (χ1) is 15.5. The van der Waals surface area contributed by atoms with E-state index in [2.05, 4.69) is 25.6 Å². The van der Waals surface area contributed by atoms with Gasteiger partial charge in [-0.2, -0.15) is 18.2 Å². The number of halogens is 3. The summed E-state index contributed by atoms with van der Waals surface area (Å²) in [5.41, 5.74) is 0.391. The van der Waals surface area contributed by atoms with Gasteiger partial charge >= 0.3 is 6.18 Å². The van der Waals surface area contributed by atoms with E-state index in [1.54, 1.807) is 0 Å². The maximum atomic E-state index is 12.6. The fourth-order valence-electron chi connectivity index (χ4n) is 4.30. The summed E-state index contributed by atoms with van der Waals surface area (Å²) in [4.78, 5) is 26.9. The summed E-state index contributed by atoms with van der Waals surface area (Å²) in [5, 5.41) is 6.28. The molecule has 178 valence electrons. The third-order valence-electron chi connectivity index (χ3n) is 6.05. The average Bonchev–Trinajstić information content (AvgIpc) is 2.70. The second kappa shape index (κ2) is 8.68. The van der Waals surface area contributed by atoms with Crippen molar-refractivity contribution >= 4 is 23.4 Å². The third-order valence-corrected chi connectivity index (χ3v) is 6.05. The van der Waals surface area contributed by atoms with Crippen molar-refractivity contribution in [3.8, 4) is 5.75 Å². The molecule has 0 bridgehead atoms.